The molecular weight excluding hydrogens is 242 g/mol. The fraction of sp³-hybridized carbons (Fsp3) is 0.556. The van der Waals surface area contributed by atoms with Crippen molar-refractivity contribution >= 4 is 21.7 Å². The van der Waals surface area contributed by atoms with Gasteiger partial charge in [0.1, 0.15) is 0 Å². The average Bonchev–Trinajstić information content (AvgIpc) is 2.29. The number of aromatic nitrogens is 2. The van der Waals surface area contributed by atoms with Crippen LogP contribution in [0.5, 0.6) is 0 Å². The first-order valence-electron chi connectivity index (χ1n) is 5.31. The number of anilines is 2. The largest absolute Gasteiger partial charge is 0.351 e. The fourth-order valence-corrected chi connectivity index (χ4v) is 2.18. The first-order valence-corrected chi connectivity index (χ1v) is 7.20. The van der Waals surface area contributed by atoms with E-state index in [9.17, 15) is 8.42 Å². The van der Waals surface area contributed by atoms with E-state index >= 15 is 0 Å². The van der Waals surface area contributed by atoms with E-state index in [1.807, 2.05) is 4.90 Å². The summed E-state index contributed by atoms with van der Waals surface area (Å²) in [6.45, 7) is 3.29. The summed E-state index contributed by atoms with van der Waals surface area (Å²) >= 11 is 0. The third kappa shape index (κ3) is 3.27. The summed E-state index contributed by atoms with van der Waals surface area (Å²) in [6.07, 6.45) is 4.13. The Balaban J connectivity index is 2.26. The van der Waals surface area contributed by atoms with Crippen molar-refractivity contribution in [1.29, 1.82) is 0 Å². The second-order valence-electron chi connectivity index (χ2n) is 3.84. The maximum absolute atomic E-state index is 11.2. The van der Waals surface area contributed by atoms with Crippen molar-refractivity contribution in [3.8, 4) is 0 Å². The highest BCUT2D eigenvalue weighted by Gasteiger charge is 2.17. The molecular formula is C9H15N5O2S. The maximum Gasteiger partial charge on any atom is 0.231 e. The van der Waals surface area contributed by atoms with Gasteiger partial charge >= 0.3 is 0 Å². The number of hydrogen-bond donors (Lipinski definition) is 2. The highest BCUT2D eigenvalue weighted by atomic mass is 32.2. The Labute approximate surface area is 100 Å². The zero-order valence-corrected chi connectivity index (χ0v) is 10.4. The number of hydrogen-bond acceptors (Lipinski definition) is 6. The molecule has 1 fully saturated rings. The molecule has 1 aromatic heterocycles. The minimum Gasteiger partial charge on any atom is -0.351 e. The second kappa shape index (κ2) is 4.84. The number of piperazine rings is 1. The van der Waals surface area contributed by atoms with Crippen LogP contribution < -0.4 is 14.9 Å². The minimum atomic E-state index is -3.33. The van der Waals surface area contributed by atoms with Crippen LogP contribution in [0.2, 0.25) is 0 Å². The van der Waals surface area contributed by atoms with Gasteiger partial charge in [0, 0.05) is 38.6 Å². The summed E-state index contributed by atoms with van der Waals surface area (Å²) in [5, 5.41) is 3.22. The average molecular weight is 257 g/mol. The van der Waals surface area contributed by atoms with E-state index in [4.69, 9.17) is 0 Å². The van der Waals surface area contributed by atoms with Gasteiger partial charge in [0.25, 0.3) is 0 Å². The summed E-state index contributed by atoms with van der Waals surface area (Å²) in [5.74, 6) is 0.872. The number of nitrogens with one attached hydrogen (secondary N) is 2. The normalized spacial score (nSPS) is 16.9. The third-order valence-electron chi connectivity index (χ3n) is 2.38. The van der Waals surface area contributed by atoms with E-state index in [1.54, 1.807) is 6.20 Å². The van der Waals surface area contributed by atoms with Crippen molar-refractivity contribution in [1.82, 2.24) is 15.3 Å². The van der Waals surface area contributed by atoms with E-state index in [-0.39, 0.29) is 5.82 Å². The van der Waals surface area contributed by atoms with Crippen molar-refractivity contribution in [2.45, 2.75) is 0 Å². The van der Waals surface area contributed by atoms with Crippen LogP contribution in [0.15, 0.2) is 12.4 Å². The Morgan fingerprint density at radius 1 is 1.29 bits per heavy atom. The number of nitrogens with zero attached hydrogens (tertiary/aromatic N) is 3. The molecule has 17 heavy (non-hydrogen) atoms. The lowest BCUT2D eigenvalue weighted by atomic mass is 10.3. The maximum atomic E-state index is 11.2. The van der Waals surface area contributed by atoms with E-state index in [1.165, 1.54) is 6.20 Å². The molecule has 94 valence electrons. The van der Waals surface area contributed by atoms with E-state index in [0.717, 1.165) is 32.4 Å². The first kappa shape index (κ1) is 12.1. The summed E-state index contributed by atoms with van der Waals surface area (Å²) in [6, 6.07) is 0. The summed E-state index contributed by atoms with van der Waals surface area (Å²) in [7, 11) is -3.33. The van der Waals surface area contributed by atoms with Gasteiger partial charge in [-0.2, -0.15) is 0 Å². The monoisotopic (exact) mass is 257 g/mol. The highest BCUT2D eigenvalue weighted by Crippen LogP contribution is 2.20. The van der Waals surface area contributed by atoms with Crippen LogP contribution in [0.1, 0.15) is 0 Å². The molecule has 0 saturated carbocycles. The molecule has 0 bridgehead atoms. The molecule has 0 aliphatic carbocycles. The van der Waals surface area contributed by atoms with Crippen LogP contribution in [0.3, 0.4) is 0 Å². The van der Waals surface area contributed by atoms with Crippen LogP contribution in [0.25, 0.3) is 0 Å². The SMILES string of the molecule is CS(=O)(=O)Nc1nccnc1N1CCNCC1. The number of rotatable bonds is 3. The Bertz CT molecular complexity index is 484. The van der Waals surface area contributed by atoms with Gasteiger partial charge in [-0.3, -0.25) is 4.72 Å². The minimum absolute atomic E-state index is 0.289. The van der Waals surface area contributed by atoms with Crippen molar-refractivity contribution < 1.29 is 8.42 Å². The molecule has 7 nitrogen and oxygen atoms in total. The predicted octanol–water partition coefficient (Wildman–Crippen LogP) is -0.742. The zero-order chi connectivity index (χ0) is 12.3. The molecule has 1 aromatic rings. The smallest absolute Gasteiger partial charge is 0.231 e. The quantitative estimate of drug-likeness (QED) is 0.741. The van der Waals surface area contributed by atoms with Gasteiger partial charge in [-0.15, -0.1) is 0 Å². The predicted molar refractivity (Wildman–Crippen MR) is 65.6 cm³/mol. The highest BCUT2D eigenvalue weighted by molar-refractivity contribution is 7.92. The fourth-order valence-electron chi connectivity index (χ4n) is 1.69. The lowest BCUT2D eigenvalue weighted by Gasteiger charge is -2.29. The Morgan fingerprint density at radius 2 is 1.94 bits per heavy atom. The summed E-state index contributed by atoms with van der Waals surface area (Å²) in [5.41, 5.74) is 0. The molecule has 2 heterocycles. The topological polar surface area (TPSA) is 87.2 Å². The lowest BCUT2D eigenvalue weighted by Crippen LogP contribution is -2.44. The lowest BCUT2D eigenvalue weighted by molar-refractivity contribution is 0.584. The van der Waals surface area contributed by atoms with E-state index in [2.05, 4.69) is 20.0 Å². The van der Waals surface area contributed by atoms with Gasteiger partial charge in [0.15, 0.2) is 11.6 Å². The summed E-state index contributed by atoms with van der Waals surface area (Å²) in [4.78, 5) is 10.2. The first-order chi connectivity index (χ1) is 8.06. The zero-order valence-electron chi connectivity index (χ0n) is 9.55. The van der Waals surface area contributed by atoms with Crippen LogP contribution in [0, 0.1) is 0 Å². The molecule has 1 aliphatic rings. The van der Waals surface area contributed by atoms with Gasteiger partial charge in [0.05, 0.1) is 6.26 Å². The molecule has 2 N–H and O–H groups in total. The van der Waals surface area contributed by atoms with Gasteiger partial charge in [-0.1, -0.05) is 0 Å². The molecule has 0 radical (unpaired) electrons. The Hall–Kier alpha value is -1.41. The molecule has 2 rings (SSSR count). The third-order valence-corrected chi connectivity index (χ3v) is 2.94. The molecule has 0 spiro atoms. The van der Waals surface area contributed by atoms with Crippen molar-refractivity contribution in [3.05, 3.63) is 12.4 Å². The molecule has 1 aliphatic heterocycles. The van der Waals surface area contributed by atoms with Crippen LogP contribution in [0.4, 0.5) is 11.6 Å². The second-order valence-corrected chi connectivity index (χ2v) is 5.59. The molecule has 8 heteroatoms. The van der Waals surface area contributed by atoms with Gasteiger partial charge < -0.3 is 10.2 Å². The molecule has 0 atom stereocenters. The summed E-state index contributed by atoms with van der Waals surface area (Å²) < 4.78 is 24.8. The number of sulfonamides is 1. The Kier molecular flexibility index (Phi) is 3.43. The van der Waals surface area contributed by atoms with Gasteiger partial charge in [0.2, 0.25) is 10.0 Å². The standard InChI is InChI=1S/C9H15N5O2S/c1-17(15,16)13-8-9(12-3-2-11-8)14-6-4-10-5-7-14/h2-3,10H,4-7H2,1H3,(H,11,13). The van der Waals surface area contributed by atoms with E-state index < -0.39 is 10.0 Å². The van der Waals surface area contributed by atoms with Crippen LogP contribution >= 0.6 is 0 Å². The van der Waals surface area contributed by atoms with Crippen LogP contribution in [-0.2, 0) is 10.0 Å². The molecule has 0 unspecified atom stereocenters. The van der Waals surface area contributed by atoms with Crippen molar-refractivity contribution in [2.24, 2.45) is 0 Å². The van der Waals surface area contributed by atoms with E-state index in [0.29, 0.717) is 5.82 Å². The Morgan fingerprint density at radius 3 is 2.59 bits per heavy atom. The van der Waals surface area contributed by atoms with Crippen LogP contribution in [-0.4, -0.2) is 50.8 Å². The molecule has 0 amide bonds. The van der Waals surface area contributed by atoms with Crippen molar-refractivity contribution in [2.75, 3.05) is 42.1 Å². The van der Waals surface area contributed by atoms with Crippen molar-refractivity contribution in [3.63, 3.8) is 0 Å². The molecule has 1 saturated heterocycles. The van der Waals surface area contributed by atoms with Gasteiger partial charge in [-0.25, -0.2) is 18.4 Å². The molecule has 0 aromatic carbocycles. The van der Waals surface area contributed by atoms with Gasteiger partial charge in [-0.05, 0) is 0 Å².